The van der Waals surface area contributed by atoms with E-state index in [1.54, 1.807) is 0 Å². The van der Waals surface area contributed by atoms with Crippen LogP contribution in [0.4, 0.5) is 0 Å². The molecule has 0 bridgehead atoms. The summed E-state index contributed by atoms with van der Waals surface area (Å²) in [6.45, 7) is 8.54. The molecule has 0 aliphatic rings. The molecule has 128 valence electrons. The summed E-state index contributed by atoms with van der Waals surface area (Å²) < 4.78 is 0. The van der Waals surface area contributed by atoms with Crippen LogP contribution < -0.4 is 0 Å². The third kappa shape index (κ3) is 51.8. The van der Waals surface area contributed by atoms with Crippen molar-refractivity contribution in [3.63, 3.8) is 0 Å². The zero-order chi connectivity index (χ0) is 17.6. The summed E-state index contributed by atoms with van der Waals surface area (Å²) in [5, 5.41) is 25.1. The number of ketones is 3. The van der Waals surface area contributed by atoms with Gasteiger partial charge in [-0.05, 0) is 41.5 Å². The topological polar surface area (TPSA) is 112 Å². The summed E-state index contributed by atoms with van der Waals surface area (Å²) in [4.78, 5) is 30.1. The number of aliphatic hydroxyl groups is 3. The van der Waals surface area contributed by atoms with Crippen molar-refractivity contribution in [2.75, 3.05) is 0 Å². The van der Waals surface area contributed by atoms with Gasteiger partial charge in [-0.1, -0.05) is 0 Å². The standard InChI is InChI=1S/3C5H8O2.Fe/c3*1-4(6)3-5(2)7;/h3*3,6H,1-2H3;. The third-order valence-electron chi connectivity index (χ3n) is 1.24. The van der Waals surface area contributed by atoms with E-state index < -0.39 is 0 Å². The van der Waals surface area contributed by atoms with Gasteiger partial charge in [0.1, 0.15) is 0 Å². The Hall–Kier alpha value is -1.85. The molecule has 0 amide bonds. The Morgan fingerprint density at radius 3 is 0.682 bits per heavy atom. The molecule has 0 spiro atoms. The Bertz CT molecular complexity index is 368. The predicted molar refractivity (Wildman–Crippen MR) is 81.2 cm³/mol. The fraction of sp³-hybridized carbons (Fsp3) is 0.400. The Morgan fingerprint density at radius 1 is 0.545 bits per heavy atom. The van der Waals surface area contributed by atoms with Crippen LogP contribution in [-0.2, 0) is 31.5 Å². The van der Waals surface area contributed by atoms with Crippen molar-refractivity contribution in [1.82, 2.24) is 0 Å². The van der Waals surface area contributed by atoms with Crippen molar-refractivity contribution < 1.29 is 46.8 Å². The Labute approximate surface area is 141 Å². The van der Waals surface area contributed by atoms with E-state index in [0.29, 0.717) is 0 Å². The molecule has 0 aliphatic heterocycles. The second kappa shape index (κ2) is 17.2. The van der Waals surface area contributed by atoms with Crippen LogP contribution in [0.15, 0.2) is 35.5 Å². The van der Waals surface area contributed by atoms with Gasteiger partial charge < -0.3 is 15.3 Å². The first-order valence-corrected chi connectivity index (χ1v) is 6.02. The quantitative estimate of drug-likeness (QED) is 0.407. The minimum absolute atomic E-state index is 0. The normalized spacial score (nSPS) is 10.9. The molecule has 0 aliphatic carbocycles. The molecule has 0 radical (unpaired) electrons. The van der Waals surface area contributed by atoms with Gasteiger partial charge in [-0.25, -0.2) is 0 Å². The van der Waals surface area contributed by atoms with Crippen molar-refractivity contribution in [3.05, 3.63) is 35.5 Å². The summed E-state index contributed by atoms with van der Waals surface area (Å²) in [6, 6.07) is 0. The van der Waals surface area contributed by atoms with Gasteiger partial charge in [0.15, 0.2) is 17.3 Å². The second-order valence-electron chi connectivity index (χ2n) is 4.19. The molecule has 7 heteroatoms. The van der Waals surface area contributed by atoms with Crippen molar-refractivity contribution in [1.29, 1.82) is 0 Å². The maximum absolute atomic E-state index is 10.0. The first-order valence-electron chi connectivity index (χ1n) is 6.02. The average molecular weight is 356 g/mol. The number of carbonyl (C=O) groups is 3. The summed E-state index contributed by atoms with van der Waals surface area (Å²) in [5.74, 6) is -0.187. The fourth-order valence-electron chi connectivity index (χ4n) is 0.882. The van der Waals surface area contributed by atoms with E-state index in [9.17, 15) is 14.4 Å². The molecule has 0 aromatic heterocycles. The van der Waals surface area contributed by atoms with E-state index in [2.05, 4.69) is 0 Å². The van der Waals surface area contributed by atoms with E-state index in [-0.39, 0.29) is 51.7 Å². The minimum Gasteiger partial charge on any atom is -0.512 e. The molecule has 22 heavy (non-hydrogen) atoms. The molecule has 0 aromatic rings. The summed E-state index contributed by atoms with van der Waals surface area (Å²) in [5.41, 5.74) is 0. The molecule has 3 N–H and O–H groups in total. The fourth-order valence-corrected chi connectivity index (χ4v) is 0.882. The molecule has 0 saturated heterocycles. The van der Waals surface area contributed by atoms with Gasteiger partial charge in [0.2, 0.25) is 0 Å². The Kier molecular flexibility index (Phi) is 22.2. The van der Waals surface area contributed by atoms with E-state index in [4.69, 9.17) is 15.3 Å². The molecule has 0 fully saturated rings. The summed E-state index contributed by atoms with van der Waals surface area (Å²) >= 11 is 0. The number of rotatable bonds is 3. The van der Waals surface area contributed by atoms with Gasteiger partial charge in [0.25, 0.3) is 0 Å². The largest absolute Gasteiger partial charge is 0.512 e. The van der Waals surface area contributed by atoms with Crippen LogP contribution in [0.5, 0.6) is 0 Å². The molecule has 0 atom stereocenters. The van der Waals surface area contributed by atoms with Crippen LogP contribution >= 0.6 is 0 Å². The van der Waals surface area contributed by atoms with Crippen LogP contribution in [0.25, 0.3) is 0 Å². The van der Waals surface area contributed by atoms with Crippen molar-refractivity contribution in [2.45, 2.75) is 41.5 Å². The third-order valence-corrected chi connectivity index (χ3v) is 1.24. The van der Waals surface area contributed by atoms with Crippen molar-refractivity contribution >= 4 is 17.3 Å². The number of carbonyl (C=O) groups excluding carboxylic acids is 3. The predicted octanol–water partition coefficient (Wildman–Crippen LogP) is 3.11. The van der Waals surface area contributed by atoms with Gasteiger partial charge >= 0.3 is 0 Å². The van der Waals surface area contributed by atoms with Gasteiger partial charge in [-0.3, -0.25) is 14.4 Å². The molecule has 0 unspecified atom stereocenters. The van der Waals surface area contributed by atoms with Crippen LogP contribution in [-0.4, -0.2) is 32.7 Å². The zero-order valence-electron chi connectivity index (χ0n) is 13.7. The van der Waals surface area contributed by atoms with Crippen molar-refractivity contribution in [3.8, 4) is 0 Å². The van der Waals surface area contributed by atoms with Crippen molar-refractivity contribution in [2.24, 2.45) is 0 Å². The monoisotopic (exact) mass is 356 g/mol. The zero-order valence-corrected chi connectivity index (χ0v) is 14.8. The van der Waals surface area contributed by atoms with E-state index in [1.807, 2.05) is 0 Å². The van der Waals surface area contributed by atoms with E-state index >= 15 is 0 Å². The molecular weight excluding hydrogens is 332 g/mol. The minimum atomic E-state index is -0.125. The van der Waals surface area contributed by atoms with E-state index in [1.165, 1.54) is 59.8 Å². The van der Waals surface area contributed by atoms with Crippen LogP contribution in [0.2, 0.25) is 0 Å². The van der Waals surface area contributed by atoms with Crippen LogP contribution in [0.3, 0.4) is 0 Å². The number of hydrogen-bond acceptors (Lipinski definition) is 6. The smallest absolute Gasteiger partial charge is 0.155 e. The average Bonchev–Trinajstić information content (AvgIpc) is 2.10. The maximum atomic E-state index is 10.0. The van der Waals surface area contributed by atoms with Crippen LogP contribution in [0, 0.1) is 0 Å². The van der Waals surface area contributed by atoms with Crippen LogP contribution in [0.1, 0.15) is 41.5 Å². The molecular formula is C15H24FeO6. The van der Waals surface area contributed by atoms with Gasteiger partial charge in [0.05, 0.1) is 17.3 Å². The van der Waals surface area contributed by atoms with E-state index in [0.717, 1.165) is 0 Å². The first kappa shape index (κ1) is 28.3. The molecule has 0 heterocycles. The summed E-state index contributed by atoms with van der Waals surface area (Å²) in [6.07, 6.45) is 3.50. The van der Waals surface area contributed by atoms with Gasteiger partial charge in [-0.2, -0.15) is 0 Å². The molecule has 6 nitrogen and oxygen atoms in total. The Balaban J connectivity index is -0.000000108. The second-order valence-corrected chi connectivity index (χ2v) is 4.19. The number of hydrogen-bond donors (Lipinski definition) is 3. The molecule has 0 aromatic carbocycles. The number of allylic oxidation sites excluding steroid dienone is 6. The van der Waals surface area contributed by atoms with Gasteiger partial charge in [-0.15, -0.1) is 0 Å². The Morgan fingerprint density at radius 2 is 0.682 bits per heavy atom. The SMILES string of the molecule is CC(=O)C=C(C)O.CC(=O)C=C(C)O.CC(=O)C=C(C)O.[Fe]. The maximum Gasteiger partial charge on any atom is 0.155 e. The first-order chi connectivity index (χ1) is 9.38. The molecule has 0 rings (SSSR count). The molecule has 0 saturated carbocycles. The summed E-state index contributed by atoms with van der Waals surface area (Å²) in [7, 11) is 0. The number of aliphatic hydroxyl groups excluding tert-OH is 3. The van der Waals surface area contributed by atoms with Gasteiger partial charge in [0, 0.05) is 35.3 Å².